The van der Waals surface area contributed by atoms with Crippen molar-refractivity contribution in [3.8, 4) is 0 Å². The van der Waals surface area contributed by atoms with Crippen LogP contribution in [0, 0.1) is 5.41 Å². The van der Waals surface area contributed by atoms with Crippen LogP contribution in [0.3, 0.4) is 0 Å². The van der Waals surface area contributed by atoms with E-state index in [0.717, 1.165) is 19.6 Å². The third-order valence-corrected chi connectivity index (χ3v) is 3.89. The molecule has 0 saturated carbocycles. The van der Waals surface area contributed by atoms with E-state index < -0.39 is 5.60 Å². The van der Waals surface area contributed by atoms with Crippen molar-refractivity contribution < 1.29 is 5.11 Å². The topological polar surface area (TPSA) is 35.5 Å². The van der Waals surface area contributed by atoms with E-state index in [-0.39, 0.29) is 0 Å². The van der Waals surface area contributed by atoms with Crippen molar-refractivity contribution in [1.82, 2.24) is 10.2 Å². The van der Waals surface area contributed by atoms with Gasteiger partial charge < -0.3 is 15.3 Å². The summed E-state index contributed by atoms with van der Waals surface area (Å²) in [6, 6.07) is 0.430. The van der Waals surface area contributed by atoms with Crippen LogP contribution in [0.15, 0.2) is 0 Å². The molecule has 1 aliphatic heterocycles. The summed E-state index contributed by atoms with van der Waals surface area (Å²) in [5, 5.41) is 13.8. The summed E-state index contributed by atoms with van der Waals surface area (Å²) in [7, 11) is 0. The number of hydrogen-bond donors (Lipinski definition) is 2. The van der Waals surface area contributed by atoms with Crippen LogP contribution < -0.4 is 5.32 Å². The van der Waals surface area contributed by atoms with E-state index in [0.29, 0.717) is 18.0 Å². The third-order valence-electron chi connectivity index (χ3n) is 3.89. The number of rotatable bonds is 5. The number of β-amino-alcohol motifs (C(OH)–C–C–N with tert-alkyl or cyclic N) is 1. The van der Waals surface area contributed by atoms with E-state index >= 15 is 0 Å². The molecule has 1 unspecified atom stereocenters. The lowest BCUT2D eigenvalue weighted by Crippen LogP contribution is -2.49. The van der Waals surface area contributed by atoms with Gasteiger partial charge in [0.2, 0.25) is 0 Å². The van der Waals surface area contributed by atoms with Crippen LogP contribution in [0.4, 0.5) is 0 Å². The van der Waals surface area contributed by atoms with Gasteiger partial charge in [-0.25, -0.2) is 0 Å². The number of nitrogens with zero attached hydrogens (tertiary/aromatic N) is 1. The smallest absolute Gasteiger partial charge is 0.0869 e. The Labute approximate surface area is 113 Å². The molecule has 3 heteroatoms. The van der Waals surface area contributed by atoms with E-state index in [1.807, 2.05) is 6.92 Å². The maximum Gasteiger partial charge on any atom is 0.0869 e. The predicted octanol–water partition coefficient (Wildman–Crippen LogP) is 2.25. The molecule has 18 heavy (non-hydrogen) atoms. The van der Waals surface area contributed by atoms with Crippen LogP contribution in [0.25, 0.3) is 0 Å². The van der Waals surface area contributed by atoms with Gasteiger partial charge in [0, 0.05) is 19.1 Å². The first-order chi connectivity index (χ1) is 8.20. The highest BCUT2D eigenvalue weighted by atomic mass is 16.3. The molecule has 1 aliphatic rings. The summed E-state index contributed by atoms with van der Waals surface area (Å²) in [5.74, 6) is 0. The van der Waals surface area contributed by atoms with E-state index in [4.69, 9.17) is 0 Å². The Morgan fingerprint density at radius 3 is 2.56 bits per heavy atom. The van der Waals surface area contributed by atoms with Gasteiger partial charge in [0.15, 0.2) is 0 Å². The number of hydrogen-bond acceptors (Lipinski definition) is 3. The van der Waals surface area contributed by atoms with Crippen LogP contribution in [-0.2, 0) is 0 Å². The molecule has 0 bridgehead atoms. The molecule has 1 atom stereocenters. The van der Waals surface area contributed by atoms with E-state index in [1.54, 1.807) is 0 Å². The molecule has 0 aromatic rings. The lowest BCUT2D eigenvalue weighted by molar-refractivity contribution is 0.0189. The van der Waals surface area contributed by atoms with Gasteiger partial charge in [-0.3, -0.25) is 0 Å². The first-order valence-electron chi connectivity index (χ1n) is 7.38. The molecule has 0 aromatic heterocycles. The van der Waals surface area contributed by atoms with Gasteiger partial charge in [0.1, 0.15) is 0 Å². The summed E-state index contributed by atoms with van der Waals surface area (Å²) in [6.07, 6.45) is 3.79. The maximum atomic E-state index is 10.4. The molecule has 2 N–H and O–H groups in total. The highest BCUT2D eigenvalue weighted by molar-refractivity contribution is 4.84. The Morgan fingerprint density at radius 1 is 1.28 bits per heavy atom. The summed E-state index contributed by atoms with van der Waals surface area (Å²) >= 11 is 0. The average molecular weight is 256 g/mol. The predicted molar refractivity (Wildman–Crippen MR) is 77.8 cm³/mol. The minimum atomic E-state index is -0.626. The molecule has 1 saturated heterocycles. The van der Waals surface area contributed by atoms with Gasteiger partial charge in [0.25, 0.3) is 0 Å². The summed E-state index contributed by atoms with van der Waals surface area (Å²) < 4.78 is 0. The van der Waals surface area contributed by atoms with Gasteiger partial charge in [-0.15, -0.1) is 0 Å². The highest BCUT2D eigenvalue weighted by Gasteiger charge is 2.28. The maximum absolute atomic E-state index is 10.4. The highest BCUT2D eigenvalue weighted by Crippen LogP contribution is 2.30. The largest absolute Gasteiger partial charge is 0.388 e. The summed E-state index contributed by atoms with van der Waals surface area (Å²) in [5.41, 5.74) is -0.157. The van der Waals surface area contributed by atoms with Gasteiger partial charge in [-0.1, -0.05) is 27.7 Å². The number of aliphatic hydroxyl groups is 1. The first kappa shape index (κ1) is 15.9. The molecule has 3 nitrogen and oxygen atoms in total. The quantitative estimate of drug-likeness (QED) is 0.792. The fourth-order valence-corrected chi connectivity index (χ4v) is 2.60. The summed E-state index contributed by atoms with van der Waals surface area (Å²) in [4.78, 5) is 2.43. The van der Waals surface area contributed by atoms with Crippen LogP contribution in [-0.4, -0.2) is 47.8 Å². The van der Waals surface area contributed by atoms with E-state index in [1.165, 1.54) is 19.3 Å². The molecule has 0 radical (unpaired) electrons. The first-order valence-corrected chi connectivity index (χ1v) is 7.38. The van der Waals surface area contributed by atoms with Gasteiger partial charge >= 0.3 is 0 Å². The van der Waals surface area contributed by atoms with Crippen molar-refractivity contribution in [1.29, 1.82) is 0 Å². The second-order valence-electron chi connectivity index (χ2n) is 7.33. The lowest BCUT2D eigenvalue weighted by Gasteiger charge is -2.32. The third kappa shape index (κ3) is 6.17. The number of nitrogens with one attached hydrogen (secondary N) is 1. The van der Waals surface area contributed by atoms with Crippen LogP contribution >= 0.6 is 0 Å². The molecular formula is C15H32N2O. The van der Waals surface area contributed by atoms with E-state index in [2.05, 4.69) is 37.9 Å². The second kappa shape index (κ2) is 6.36. The normalized spacial score (nSPS) is 24.8. The molecule has 0 aliphatic carbocycles. The van der Waals surface area contributed by atoms with Crippen molar-refractivity contribution >= 4 is 0 Å². The van der Waals surface area contributed by atoms with Crippen molar-refractivity contribution in [3.63, 3.8) is 0 Å². The van der Waals surface area contributed by atoms with Crippen LogP contribution in [0.1, 0.15) is 53.9 Å². The van der Waals surface area contributed by atoms with Gasteiger partial charge in [0.05, 0.1) is 5.60 Å². The van der Waals surface area contributed by atoms with Crippen LogP contribution in [0.2, 0.25) is 0 Å². The average Bonchev–Trinajstić information content (AvgIpc) is 2.37. The fraction of sp³-hybridized carbons (Fsp3) is 1.00. The van der Waals surface area contributed by atoms with Crippen molar-refractivity contribution in [2.75, 3.05) is 26.2 Å². The molecule has 0 aromatic carbocycles. The van der Waals surface area contributed by atoms with Gasteiger partial charge in [-0.2, -0.15) is 0 Å². The Bertz CT molecular complexity index is 249. The Balaban J connectivity index is 2.41. The standard InChI is InChI=1S/C15H32N2O/c1-13(2)16-11-15(5,18)12-17-9-6-7-14(3,4)8-10-17/h13,16,18H,6-12H2,1-5H3. The molecule has 108 valence electrons. The SMILES string of the molecule is CC(C)NCC(C)(O)CN1CCCC(C)(C)CC1. The lowest BCUT2D eigenvalue weighted by atomic mass is 9.85. The van der Waals surface area contributed by atoms with Gasteiger partial charge in [-0.05, 0) is 44.7 Å². The van der Waals surface area contributed by atoms with Crippen molar-refractivity contribution in [2.45, 2.75) is 65.5 Å². The molecule has 1 rings (SSSR count). The Kier molecular flexibility index (Phi) is 5.63. The Hall–Kier alpha value is -0.120. The molecular weight excluding hydrogens is 224 g/mol. The van der Waals surface area contributed by atoms with E-state index in [9.17, 15) is 5.11 Å². The molecule has 0 amide bonds. The zero-order valence-electron chi connectivity index (χ0n) is 12.9. The molecule has 1 fully saturated rings. The van der Waals surface area contributed by atoms with Crippen molar-refractivity contribution in [3.05, 3.63) is 0 Å². The van der Waals surface area contributed by atoms with Crippen molar-refractivity contribution in [2.24, 2.45) is 5.41 Å². The minimum absolute atomic E-state index is 0.430. The van der Waals surface area contributed by atoms with Crippen LogP contribution in [0.5, 0.6) is 0 Å². The molecule has 0 spiro atoms. The fourth-order valence-electron chi connectivity index (χ4n) is 2.60. The monoisotopic (exact) mass is 256 g/mol. The Morgan fingerprint density at radius 2 is 1.94 bits per heavy atom. The minimum Gasteiger partial charge on any atom is -0.388 e. The zero-order valence-corrected chi connectivity index (χ0v) is 12.9. The number of likely N-dealkylation sites (tertiary alicyclic amines) is 1. The zero-order chi connectivity index (χ0) is 13.8. The second-order valence-corrected chi connectivity index (χ2v) is 7.33. The molecule has 1 heterocycles. The summed E-state index contributed by atoms with van der Waals surface area (Å²) in [6.45, 7) is 14.6.